The zero-order chi connectivity index (χ0) is 15.4. The molecule has 0 saturated carbocycles. The molecule has 114 valence electrons. The first kappa shape index (κ1) is 14.8. The Balaban J connectivity index is 1.89. The maximum Gasteiger partial charge on any atom is 0.235 e. The van der Waals surface area contributed by atoms with Crippen LogP contribution in [0.25, 0.3) is 0 Å². The van der Waals surface area contributed by atoms with Gasteiger partial charge in [0.15, 0.2) is 0 Å². The number of hydrogen-bond donors (Lipinski definition) is 1. The van der Waals surface area contributed by atoms with Crippen molar-refractivity contribution in [3.8, 4) is 0 Å². The highest BCUT2D eigenvalue weighted by atomic mass is 16.5. The minimum atomic E-state index is -0.496. The number of nitrogens with one attached hydrogen (secondary N) is 1. The first-order chi connectivity index (χ1) is 10.7. The number of rotatable bonds is 3. The van der Waals surface area contributed by atoms with Crippen LogP contribution >= 0.6 is 0 Å². The Bertz CT molecular complexity index is 628. The van der Waals surface area contributed by atoms with Gasteiger partial charge >= 0.3 is 0 Å². The molecule has 0 radical (unpaired) electrons. The summed E-state index contributed by atoms with van der Waals surface area (Å²) in [6, 6.07) is 18.0. The molecule has 1 amide bonds. The first-order valence-electron chi connectivity index (χ1n) is 7.72. The molecule has 1 aliphatic heterocycles. The second kappa shape index (κ2) is 6.32. The maximum absolute atomic E-state index is 13.0. The van der Waals surface area contributed by atoms with Crippen molar-refractivity contribution in [1.29, 1.82) is 0 Å². The van der Waals surface area contributed by atoms with Gasteiger partial charge in [0.2, 0.25) is 5.91 Å². The van der Waals surface area contributed by atoms with E-state index in [4.69, 9.17) is 4.74 Å². The van der Waals surface area contributed by atoms with Crippen molar-refractivity contribution in [1.82, 2.24) is 0 Å². The molecule has 1 fully saturated rings. The molecule has 1 N–H and O–H groups in total. The quantitative estimate of drug-likeness (QED) is 0.938. The van der Waals surface area contributed by atoms with Crippen molar-refractivity contribution < 1.29 is 9.53 Å². The third kappa shape index (κ3) is 2.90. The van der Waals surface area contributed by atoms with Gasteiger partial charge in [0.25, 0.3) is 0 Å². The Morgan fingerprint density at radius 1 is 1.00 bits per heavy atom. The Hall–Kier alpha value is -2.13. The van der Waals surface area contributed by atoms with Gasteiger partial charge in [-0.1, -0.05) is 48.0 Å². The molecule has 2 aromatic carbocycles. The second-order valence-corrected chi connectivity index (χ2v) is 5.88. The maximum atomic E-state index is 13.0. The summed E-state index contributed by atoms with van der Waals surface area (Å²) in [5.41, 5.74) is 2.60. The topological polar surface area (TPSA) is 38.3 Å². The van der Waals surface area contributed by atoms with Crippen molar-refractivity contribution in [2.24, 2.45) is 0 Å². The van der Waals surface area contributed by atoms with Crippen LogP contribution in [0, 0.1) is 6.92 Å². The lowest BCUT2D eigenvalue weighted by Gasteiger charge is -2.36. The fourth-order valence-corrected chi connectivity index (χ4v) is 3.01. The summed E-state index contributed by atoms with van der Waals surface area (Å²) in [6.45, 7) is 3.28. The van der Waals surface area contributed by atoms with Crippen LogP contribution in [-0.2, 0) is 14.9 Å². The number of benzene rings is 2. The van der Waals surface area contributed by atoms with Gasteiger partial charge in [0.05, 0.1) is 5.41 Å². The van der Waals surface area contributed by atoms with E-state index in [0.29, 0.717) is 26.1 Å². The van der Waals surface area contributed by atoms with E-state index in [2.05, 4.69) is 5.32 Å². The molecule has 3 nitrogen and oxygen atoms in total. The first-order valence-corrected chi connectivity index (χ1v) is 7.72. The molecule has 0 aromatic heterocycles. The van der Waals surface area contributed by atoms with Gasteiger partial charge in [0, 0.05) is 18.9 Å². The van der Waals surface area contributed by atoms with E-state index >= 15 is 0 Å². The van der Waals surface area contributed by atoms with E-state index in [1.165, 1.54) is 5.56 Å². The Kier molecular flexibility index (Phi) is 4.25. The third-order valence-electron chi connectivity index (χ3n) is 4.42. The van der Waals surface area contributed by atoms with Crippen molar-refractivity contribution in [3.63, 3.8) is 0 Å². The van der Waals surface area contributed by atoms with Crippen LogP contribution in [0.4, 0.5) is 5.69 Å². The Morgan fingerprint density at radius 2 is 1.64 bits per heavy atom. The largest absolute Gasteiger partial charge is 0.381 e. The van der Waals surface area contributed by atoms with Gasteiger partial charge in [-0.15, -0.1) is 0 Å². The molecular formula is C19H21NO2. The smallest absolute Gasteiger partial charge is 0.235 e. The van der Waals surface area contributed by atoms with Gasteiger partial charge in [-0.3, -0.25) is 4.79 Å². The minimum absolute atomic E-state index is 0.0610. The SMILES string of the molecule is Cc1ccc(NC(=O)C2(c3ccccc3)CCOCC2)cc1. The molecule has 2 aromatic rings. The van der Waals surface area contributed by atoms with Crippen LogP contribution in [0.3, 0.4) is 0 Å². The number of amides is 1. The van der Waals surface area contributed by atoms with Crippen LogP contribution in [0.1, 0.15) is 24.0 Å². The molecular weight excluding hydrogens is 274 g/mol. The number of anilines is 1. The molecule has 0 aliphatic carbocycles. The van der Waals surface area contributed by atoms with Gasteiger partial charge in [-0.05, 0) is 37.5 Å². The lowest BCUT2D eigenvalue weighted by atomic mass is 9.73. The van der Waals surface area contributed by atoms with Crippen molar-refractivity contribution >= 4 is 11.6 Å². The molecule has 22 heavy (non-hydrogen) atoms. The fourth-order valence-electron chi connectivity index (χ4n) is 3.01. The minimum Gasteiger partial charge on any atom is -0.381 e. The van der Waals surface area contributed by atoms with Crippen LogP contribution in [-0.4, -0.2) is 19.1 Å². The van der Waals surface area contributed by atoms with Crippen LogP contribution in [0.2, 0.25) is 0 Å². The lowest BCUT2D eigenvalue weighted by molar-refractivity contribution is -0.125. The number of hydrogen-bond acceptors (Lipinski definition) is 2. The summed E-state index contributed by atoms with van der Waals surface area (Å²) in [5, 5.41) is 3.08. The summed E-state index contributed by atoms with van der Waals surface area (Å²) in [5.74, 6) is 0.0610. The van der Waals surface area contributed by atoms with Crippen LogP contribution in [0.5, 0.6) is 0 Å². The third-order valence-corrected chi connectivity index (χ3v) is 4.42. The molecule has 0 spiro atoms. The predicted molar refractivity (Wildman–Crippen MR) is 88.0 cm³/mol. The van der Waals surface area contributed by atoms with Gasteiger partial charge < -0.3 is 10.1 Å². The highest BCUT2D eigenvalue weighted by molar-refractivity contribution is 5.99. The second-order valence-electron chi connectivity index (χ2n) is 5.88. The molecule has 3 rings (SSSR count). The highest BCUT2D eigenvalue weighted by Crippen LogP contribution is 2.36. The number of ether oxygens (including phenoxy) is 1. The molecule has 1 aliphatic rings. The number of aryl methyl sites for hydroxylation is 1. The standard InChI is InChI=1S/C19H21NO2/c1-15-7-9-17(10-8-15)20-18(21)19(11-13-22-14-12-19)16-5-3-2-4-6-16/h2-10H,11-14H2,1H3,(H,20,21). The van der Waals surface area contributed by atoms with E-state index in [-0.39, 0.29) is 5.91 Å². The summed E-state index contributed by atoms with van der Waals surface area (Å²) in [7, 11) is 0. The predicted octanol–water partition coefficient (Wildman–Crippen LogP) is 3.68. The van der Waals surface area contributed by atoms with Crippen molar-refractivity contribution in [2.45, 2.75) is 25.2 Å². The Morgan fingerprint density at radius 3 is 2.27 bits per heavy atom. The Labute approximate surface area is 131 Å². The molecule has 1 saturated heterocycles. The van der Waals surface area contributed by atoms with Gasteiger partial charge in [-0.25, -0.2) is 0 Å². The van der Waals surface area contributed by atoms with Crippen molar-refractivity contribution in [3.05, 3.63) is 65.7 Å². The summed E-state index contributed by atoms with van der Waals surface area (Å²) in [4.78, 5) is 13.0. The summed E-state index contributed by atoms with van der Waals surface area (Å²) >= 11 is 0. The lowest BCUT2D eigenvalue weighted by Crippen LogP contribution is -2.44. The van der Waals surface area contributed by atoms with Gasteiger partial charge in [-0.2, -0.15) is 0 Å². The van der Waals surface area contributed by atoms with E-state index in [0.717, 1.165) is 11.3 Å². The average molecular weight is 295 g/mol. The fraction of sp³-hybridized carbons (Fsp3) is 0.316. The number of carbonyl (C=O) groups is 1. The number of carbonyl (C=O) groups excluding carboxylic acids is 1. The van der Waals surface area contributed by atoms with Crippen molar-refractivity contribution in [2.75, 3.05) is 18.5 Å². The van der Waals surface area contributed by atoms with Crippen LogP contribution in [0.15, 0.2) is 54.6 Å². The van der Waals surface area contributed by atoms with E-state index in [1.54, 1.807) is 0 Å². The average Bonchev–Trinajstić information content (AvgIpc) is 2.58. The monoisotopic (exact) mass is 295 g/mol. The zero-order valence-corrected chi connectivity index (χ0v) is 12.8. The molecule has 0 atom stereocenters. The molecule has 0 unspecified atom stereocenters. The normalized spacial score (nSPS) is 17.0. The van der Waals surface area contributed by atoms with E-state index in [9.17, 15) is 4.79 Å². The zero-order valence-electron chi connectivity index (χ0n) is 12.8. The van der Waals surface area contributed by atoms with Crippen LogP contribution < -0.4 is 5.32 Å². The van der Waals surface area contributed by atoms with Gasteiger partial charge in [0.1, 0.15) is 0 Å². The highest BCUT2D eigenvalue weighted by Gasteiger charge is 2.41. The van der Waals surface area contributed by atoms with E-state index < -0.39 is 5.41 Å². The molecule has 3 heteroatoms. The van der Waals surface area contributed by atoms with E-state index in [1.807, 2.05) is 61.5 Å². The molecule has 1 heterocycles. The summed E-state index contributed by atoms with van der Waals surface area (Å²) in [6.07, 6.45) is 1.43. The summed E-state index contributed by atoms with van der Waals surface area (Å²) < 4.78 is 5.48. The molecule has 0 bridgehead atoms.